The first-order valence-electron chi connectivity index (χ1n) is 8.93. The van der Waals surface area contributed by atoms with Crippen LogP contribution in [0.5, 0.6) is 0 Å². The van der Waals surface area contributed by atoms with Gasteiger partial charge in [0.15, 0.2) is 0 Å². The first-order valence-corrected chi connectivity index (χ1v) is 8.93. The fraction of sp³-hybridized carbons (Fsp3) is 0.381. The Morgan fingerprint density at radius 3 is 2.35 bits per heavy atom. The monoisotopic (exact) mass is 351 g/mol. The average molecular weight is 351 g/mol. The highest BCUT2D eigenvalue weighted by Gasteiger charge is 2.47. The molecule has 136 valence electrons. The SMILES string of the molecule is CC(C)(C)c1ccc(NC(=O)C2CC2C(=O)NCc2ccccn2)cc1. The van der Waals surface area contributed by atoms with Crippen molar-refractivity contribution < 1.29 is 9.59 Å². The van der Waals surface area contributed by atoms with Gasteiger partial charge >= 0.3 is 0 Å². The van der Waals surface area contributed by atoms with Gasteiger partial charge in [-0.1, -0.05) is 39.0 Å². The number of carbonyl (C=O) groups excluding carboxylic acids is 2. The van der Waals surface area contributed by atoms with E-state index >= 15 is 0 Å². The number of pyridine rings is 1. The molecule has 1 aromatic heterocycles. The van der Waals surface area contributed by atoms with E-state index in [1.807, 2.05) is 42.5 Å². The Hall–Kier alpha value is -2.69. The van der Waals surface area contributed by atoms with E-state index in [1.165, 1.54) is 5.56 Å². The van der Waals surface area contributed by atoms with Crippen LogP contribution in [0.1, 0.15) is 38.4 Å². The number of anilines is 1. The van der Waals surface area contributed by atoms with E-state index in [1.54, 1.807) is 6.20 Å². The average Bonchev–Trinajstić information content (AvgIpc) is 3.41. The largest absolute Gasteiger partial charge is 0.350 e. The minimum atomic E-state index is -0.249. The number of nitrogens with one attached hydrogen (secondary N) is 2. The van der Waals surface area contributed by atoms with E-state index in [-0.39, 0.29) is 29.1 Å². The summed E-state index contributed by atoms with van der Waals surface area (Å²) in [5.41, 5.74) is 2.87. The summed E-state index contributed by atoms with van der Waals surface area (Å²) in [7, 11) is 0. The molecule has 3 rings (SSSR count). The quantitative estimate of drug-likeness (QED) is 0.868. The molecule has 2 amide bonds. The predicted molar refractivity (Wildman–Crippen MR) is 101 cm³/mol. The van der Waals surface area contributed by atoms with Gasteiger partial charge in [-0.25, -0.2) is 0 Å². The molecule has 5 nitrogen and oxygen atoms in total. The van der Waals surface area contributed by atoms with Crippen molar-refractivity contribution in [1.82, 2.24) is 10.3 Å². The minimum Gasteiger partial charge on any atom is -0.350 e. The van der Waals surface area contributed by atoms with E-state index in [9.17, 15) is 9.59 Å². The summed E-state index contributed by atoms with van der Waals surface area (Å²) >= 11 is 0. The summed E-state index contributed by atoms with van der Waals surface area (Å²) in [5, 5.41) is 5.76. The van der Waals surface area contributed by atoms with Gasteiger partial charge in [-0.15, -0.1) is 0 Å². The molecule has 26 heavy (non-hydrogen) atoms. The van der Waals surface area contributed by atoms with Gasteiger partial charge in [0.25, 0.3) is 0 Å². The van der Waals surface area contributed by atoms with Gasteiger partial charge in [0.2, 0.25) is 11.8 Å². The summed E-state index contributed by atoms with van der Waals surface area (Å²) < 4.78 is 0. The summed E-state index contributed by atoms with van der Waals surface area (Å²) in [6.45, 7) is 6.84. The van der Waals surface area contributed by atoms with Crippen LogP contribution >= 0.6 is 0 Å². The van der Waals surface area contributed by atoms with Crippen molar-refractivity contribution in [3.63, 3.8) is 0 Å². The van der Waals surface area contributed by atoms with Gasteiger partial charge in [-0.3, -0.25) is 14.6 Å². The normalized spacial score (nSPS) is 18.9. The lowest BCUT2D eigenvalue weighted by atomic mass is 9.87. The Bertz CT molecular complexity index is 779. The molecule has 2 atom stereocenters. The van der Waals surface area contributed by atoms with Gasteiger partial charge in [-0.05, 0) is 41.7 Å². The zero-order chi connectivity index (χ0) is 18.7. The summed E-state index contributed by atoms with van der Waals surface area (Å²) in [5.74, 6) is -0.668. The van der Waals surface area contributed by atoms with E-state index in [2.05, 4.69) is 36.4 Å². The van der Waals surface area contributed by atoms with Gasteiger partial charge in [0.05, 0.1) is 24.1 Å². The number of nitrogens with zero attached hydrogens (tertiary/aromatic N) is 1. The molecule has 2 unspecified atom stereocenters. The molecule has 0 aliphatic heterocycles. The summed E-state index contributed by atoms with van der Waals surface area (Å²) in [6, 6.07) is 13.5. The Morgan fingerprint density at radius 1 is 1.04 bits per heavy atom. The molecule has 2 N–H and O–H groups in total. The molecule has 0 saturated heterocycles. The number of hydrogen-bond acceptors (Lipinski definition) is 3. The van der Waals surface area contributed by atoms with Crippen LogP contribution in [0, 0.1) is 11.8 Å². The molecule has 1 aliphatic carbocycles. The molecule has 5 heteroatoms. The fourth-order valence-electron chi connectivity index (χ4n) is 2.87. The highest BCUT2D eigenvalue weighted by atomic mass is 16.2. The van der Waals surface area contributed by atoms with Crippen LogP contribution in [0.15, 0.2) is 48.7 Å². The van der Waals surface area contributed by atoms with Crippen molar-refractivity contribution in [3.05, 3.63) is 59.9 Å². The lowest BCUT2D eigenvalue weighted by Gasteiger charge is -2.19. The van der Waals surface area contributed by atoms with E-state index in [0.717, 1.165) is 11.4 Å². The summed E-state index contributed by atoms with van der Waals surface area (Å²) in [6.07, 6.45) is 2.29. The number of aromatic nitrogens is 1. The number of carbonyl (C=O) groups is 2. The topological polar surface area (TPSA) is 71.1 Å². The van der Waals surface area contributed by atoms with Crippen LogP contribution in [0.4, 0.5) is 5.69 Å². The molecule has 2 aromatic rings. The van der Waals surface area contributed by atoms with Crippen molar-refractivity contribution >= 4 is 17.5 Å². The van der Waals surface area contributed by atoms with Crippen LogP contribution in [0.25, 0.3) is 0 Å². The second-order valence-corrected chi connectivity index (χ2v) is 7.80. The second kappa shape index (κ2) is 7.28. The van der Waals surface area contributed by atoms with Gasteiger partial charge in [0.1, 0.15) is 0 Å². The van der Waals surface area contributed by atoms with Gasteiger partial charge in [0, 0.05) is 11.9 Å². The zero-order valence-corrected chi connectivity index (χ0v) is 15.5. The van der Waals surface area contributed by atoms with Gasteiger partial charge < -0.3 is 10.6 Å². The number of benzene rings is 1. The molecule has 1 aromatic carbocycles. The van der Waals surface area contributed by atoms with E-state index in [0.29, 0.717) is 13.0 Å². The lowest BCUT2D eigenvalue weighted by molar-refractivity contribution is -0.125. The van der Waals surface area contributed by atoms with Crippen LogP contribution in [-0.4, -0.2) is 16.8 Å². The third kappa shape index (κ3) is 4.48. The predicted octanol–water partition coefficient (Wildman–Crippen LogP) is 3.27. The fourth-order valence-corrected chi connectivity index (χ4v) is 2.87. The maximum atomic E-state index is 12.3. The van der Waals surface area contributed by atoms with Crippen molar-refractivity contribution in [2.75, 3.05) is 5.32 Å². The number of rotatable bonds is 5. The Kier molecular flexibility index (Phi) is 5.07. The Morgan fingerprint density at radius 2 is 1.73 bits per heavy atom. The van der Waals surface area contributed by atoms with Crippen LogP contribution in [0.3, 0.4) is 0 Å². The molecule has 1 saturated carbocycles. The van der Waals surface area contributed by atoms with E-state index in [4.69, 9.17) is 0 Å². The summed E-state index contributed by atoms with van der Waals surface area (Å²) in [4.78, 5) is 28.7. The standard InChI is InChI=1S/C21H25N3O2/c1-21(2,3)14-7-9-15(10-8-14)24-20(26)18-12-17(18)19(25)23-13-16-6-4-5-11-22-16/h4-11,17-18H,12-13H2,1-3H3,(H,23,25)(H,24,26). The molecule has 1 fully saturated rings. The van der Waals surface area contributed by atoms with Crippen molar-refractivity contribution in [3.8, 4) is 0 Å². The molecule has 0 spiro atoms. The minimum absolute atomic E-state index is 0.0792. The molecule has 0 bridgehead atoms. The Labute approximate surface area is 154 Å². The Balaban J connectivity index is 1.48. The number of hydrogen-bond donors (Lipinski definition) is 2. The number of amides is 2. The maximum Gasteiger partial charge on any atom is 0.228 e. The van der Waals surface area contributed by atoms with Crippen LogP contribution in [-0.2, 0) is 21.5 Å². The third-order valence-electron chi connectivity index (χ3n) is 4.65. The first-order chi connectivity index (χ1) is 12.3. The molecular formula is C21H25N3O2. The molecule has 1 heterocycles. The van der Waals surface area contributed by atoms with Crippen molar-refractivity contribution in [2.45, 2.75) is 39.2 Å². The zero-order valence-electron chi connectivity index (χ0n) is 15.5. The van der Waals surface area contributed by atoms with E-state index < -0.39 is 0 Å². The van der Waals surface area contributed by atoms with Crippen molar-refractivity contribution in [2.24, 2.45) is 11.8 Å². The third-order valence-corrected chi connectivity index (χ3v) is 4.65. The first kappa shape index (κ1) is 18.1. The second-order valence-electron chi connectivity index (χ2n) is 7.80. The van der Waals surface area contributed by atoms with Gasteiger partial charge in [-0.2, -0.15) is 0 Å². The van der Waals surface area contributed by atoms with Crippen LogP contribution < -0.4 is 10.6 Å². The molecular weight excluding hydrogens is 326 g/mol. The maximum absolute atomic E-state index is 12.3. The highest BCUT2D eigenvalue weighted by Crippen LogP contribution is 2.39. The van der Waals surface area contributed by atoms with Crippen molar-refractivity contribution in [1.29, 1.82) is 0 Å². The molecule has 1 aliphatic rings. The molecule has 0 radical (unpaired) electrons. The highest BCUT2D eigenvalue weighted by molar-refractivity contribution is 5.99. The lowest BCUT2D eigenvalue weighted by Crippen LogP contribution is -2.27. The van der Waals surface area contributed by atoms with Crippen LogP contribution in [0.2, 0.25) is 0 Å². The smallest absolute Gasteiger partial charge is 0.228 e.